The van der Waals surface area contributed by atoms with Crippen LogP contribution in [0.1, 0.15) is 13.8 Å². The zero-order valence-electron chi connectivity index (χ0n) is 16.4. The van der Waals surface area contributed by atoms with Crippen molar-refractivity contribution >= 4 is 23.2 Å². The van der Waals surface area contributed by atoms with Crippen LogP contribution < -0.4 is 15.0 Å². The zero-order valence-corrected chi connectivity index (χ0v) is 16.4. The Kier molecular flexibility index (Phi) is 4.75. The highest BCUT2D eigenvalue weighted by molar-refractivity contribution is 6.08. The molecule has 0 bridgehead atoms. The van der Waals surface area contributed by atoms with Crippen LogP contribution >= 0.6 is 0 Å². The van der Waals surface area contributed by atoms with Crippen LogP contribution in [0, 0.1) is 0 Å². The van der Waals surface area contributed by atoms with Gasteiger partial charge in [0.25, 0.3) is 5.91 Å². The summed E-state index contributed by atoms with van der Waals surface area (Å²) in [5.41, 5.74) is 2.03. The molecule has 0 saturated carbocycles. The maximum absolute atomic E-state index is 13.0. The van der Waals surface area contributed by atoms with Crippen molar-refractivity contribution in [3.05, 3.63) is 54.9 Å². The molecule has 8 heteroatoms. The third kappa shape index (κ3) is 3.44. The Balaban J connectivity index is 1.58. The fourth-order valence-electron chi connectivity index (χ4n) is 3.36. The van der Waals surface area contributed by atoms with Crippen molar-refractivity contribution in [1.29, 1.82) is 0 Å². The highest BCUT2D eigenvalue weighted by Crippen LogP contribution is 2.35. The number of carbonyl (C=O) groups is 2. The lowest BCUT2D eigenvalue weighted by Gasteiger charge is -2.36. The second kappa shape index (κ2) is 7.38. The number of hydrogen-bond donors (Lipinski definition) is 1. The number of hydrogen-bond acceptors (Lipinski definition) is 5. The molecule has 4 rings (SSSR count). The second-order valence-corrected chi connectivity index (χ2v) is 6.95. The van der Waals surface area contributed by atoms with Crippen molar-refractivity contribution in [2.75, 3.05) is 10.2 Å². The van der Waals surface area contributed by atoms with Gasteiger partial charge >= 0.3 is 0 Å². The standard InChI is InChI=1S/C21H21N5O3/c1-13(26-17-9-4-5-10-18(17)29-14(2)21(26)28)20(27)23-16-8-6-7-15(11-16)19-24-22-12-25(19)3/h4-14H,1-3H3,(H,23,27)/t13-,14-/m1/s1. The van der Waals surface area contributed by atoms with Crippen molar-refractivity contribution in [2.24, 2.45) is 7.05 Å². The number of amides is 2. The van der Waals surface area contributed by atoms with Crippen LogP contribution in [0.3, 0.4) is 0 Å². The molecule has 148 valence electrons. The SMILES string of the molecule is C[C@H](C(=O)Nc1cccc(-c2nncn2C)c1)N1C(=O)[C@@H](C)Oc2ccccc21. The number of ether oxygens (including phenoxy) is 1. The first-order chi connectivity index (χ1) is 14.0. The lowest BCUT2D eigenvalue weighted by Crippen LogP contribution is -2.52. The van der Waals surface area contributed by atoms with Crippen LogP contribution in [0.25, 0.3) is 11.4 Å². The first kappa shape index (κ1) is 18.7. The average Bonchev–Trinajstić information content (AvgIpc) is 3.14. The fourth-order valence-corrected chi connectivity index (χ4v) is 3.36. The predicted molar refractivity (Wildman–Crippen MR) is 109 cm³/mol. The van der Waals surface area contributed by atoms with Crippen LogP contribution in [0.15, 0.2) is 54.9 Å². The van der Waals surface area contributed by atoms with E-state index in [2.05, 4.69) is 15.5 Å². The molecular weight excluding hydrogens is 370 g/mol. The number of anilines is 2. The van der Waals surface area contributed by atoms with E-state index in [0.717, 1.165) is 5.56 Å². The smallest absolute Gasteiger partial charge is 0.268 e. The molecule has 1 N–H and O–H groups in total. The van der Waals surface area contributed by atoms with Gasteiger partial charge in [-0.2, -0.15) is 0 Å². The molecule has 0 fully saturated rings. The minimum absolute atomic E-state index is 0.251. The predicted octanol–water partition coefficient (Wildman–Crippen LogP) is 2.62. The molecule has 29 heavy (non-hydrogen) atoms. The van der Waals surface area contributed by atoms with Gasteiger partial charge in [0.15, 0.2) is 11.9 Å². The van der Waals surface area contributed by atoms with Crippen LogP contribution in [-0.2, 0) is 16.6 Å². The third-order valence-electron chi connectivity index (χ3n) is 4.88. The summed E-state index contributed by atoms with van der Waals surface area (Å²) >= 11 is 0. The Hall–Kier alpha value is -3.68. The van der Waals surface area contributed by atoms with Crippen molar-refractivity contribution < 1.29 is 14.3 Å². The summed E-state index contributed by atoms with van der Waals surface area (Å²) in [5.74, 6) is 0.736. The van der Waals surface area contributed by atoms with Gasteiger partial charge in [-0.3, -0.25) is 14.5 Å². The van der Waals surface area contributed by atoms with E-state index >= 15 is 0 Å². The van der Waals surface area contributed by atoms with Gasteiger partial charge in [-0.15, -0.1) is 10.2 Å². The van der Waals surface area contributed by atoms with E-state index in [-0.39, 0.29) is 11.8 Å². The number of nitrogens with zero attached hydrogens (tertiary/aromatic N) is 4. The minimum Gasteiger partial charge on any atom is -0.479 e. The summed E-state index contributed by atoms with van der Waals surface area (Å²) in [7, 11) is 1.85. The Morgan fingerprint density at radius 1 is 1.21 bits per heavy atom. The molecule has 0 aliphatic carbocycles. The second-order valence-electron chi connectivity index (χ2n) is 6.95. The maximum Gasteiger partial charge on any atom is 0.268 e. The molecule has 8 nitrogen and oxygen atoms in total. The van der Waals surface area contributed by atoms with Crippen LogP contribution in [-0.4, -0.2) is 38.7 Å². The third-order valence-corrected chi connectivity index (χ3v) is 4.88. The quantitative estimate of drug-likeness (QED) is 0.738. The van der Waals surface area contributed by atoms with E-state index in [4.69, 9.17) is 4.74 Å². The fraction of sp³-hybridized carbons (Fsp3) is 0.238. The largest absolute Gasteiger partial charge is 0.479 e. The summed E-state index contributed by atoms with van der Waals surface area (Å²) in [6.07, 6.45) is 0.963. The first-order valence-corrected chi connectivity index (χ1v) is 9.30. The molecule has 0 spiro atoms. The summed E-state index contributed by atoms with van der Waals surface area (Å²) in [4.78, 5) is 27.2. The van der Waals surface area contributed by atoms with E-state index in [1.807, 2.05) is 37.4 Å². The molecule has 2 aromatic carbocycles. The Labute approximate surface area is 168 Å². The number of carbonyl (C=O) groups excluding carboxylic acids is 2. The van der Waals surface area contributed by atoms with Crippen LogP contribution in [0.2, 0.25) is 0 Å². The summed E-state index contributed by atoms with van der Waals surface area (Å²) in [5, 5.41) is 10.9. The molecule has 1 aliphatic heterocycles. The summed E-state index contributed by atoms with van der Waals surface area (Å²) in [6.45, 7) is 3.38. The summed E-state index contributed by atoms with van der Waals surface area (Å²) in [6, 6.07) is 13.9. The Morgan fingerprint density at radius 2 is 2.00 bits per heavy atom. The van der Waals surface area contributed by atoms with Gasteiger partial charge in [0.1, 0.15) is 18.1 Å². The molecule has 2 atom stereocenters. The van der Waals surface area contributed by atoms with Gasteiger partial charge in [0.05, 0.1) is 5.69 Å². The number of aryl methyl sites for hydroxylation is 1. The van der Waals surface area contributed by atoms with Crippen LogP contribution in [0.5, 0.6) is 5.75 Å². The van der Waals surface area contributed by atoms with Crippen molar-refractivity contribution in [3.8, 4) is 17.1 Å². The van der Waals surface area contributed by atoms with Gasteiger partial charge in [-0.1, -0.05) is 24.3 Å². The van der Waals surface area contributed by atoms with Gasteiger partial charge in [0, 0.05) is 18.3 Å². The molecule has 2 amide bonds. The number of para-hydroxylation sites is 2. The lowest BCUT2D eigenvalue weighted by molar-refractivity contribution is -0.128. The van der Waals surface area contributed by atoms with E-state index in [9.17, 15) is 9.59 Å². The molecule has 3 aromatic rings. The maximum atomic E-state index is 13.0. The Morgan fingerprint density at radius 3 is 2.76 bits per heavy atom. The van der Waals surface area contributed by atoms with Crippen LogP contribution in [0.4, 0.5) is 11.4 Å². The number of nitrogens with one attached hydrogen (secondary N) is 1. The molecule has 0 unspecified atom stereocenters. The average molecular weight is 391 g/mol. The van der Waals surface area contributed by atoms with E-state index in [1.165, 1.54) is 4.90 Å². The van der Waals surface area contributed by atoms with Gasteiger partial charge in [-0.05, 0) is 38.1 Å². The van der Waals surface area contributed by atoms with E-state index < -0.39 is 12.1 Å². The Bertz CT molecular complexity index is 1080. The topological polar surface area (TPSA) is 89.4 Å². The number of rotatable bonds is 4. The number of benzene rings is 2. The van der Waals surface area contributed by atoms with Gasteiger partial charge in [0.2, 0.25) is 5.91 Å². The normalized spacial score (nSPS) is 16.7. The number of aromatic nitrogens is 3. The monoisotopic (exact) mass is 391 g/mol. The molecular formula is C21H21N5O3. The molecule has 2 heterocycles. The molecule has 1 aromatic heterocycles. The lowest BCUT2D eigenvalue weighted by atomic mass is 10.1. The zero-order chi connectivity index (χ0) is 20.5. The summed E-state index contributed by atoms with van der Waals surface area (Å²) < 4.78 is 7.45. The minimum atomic E-state index is -0.714. The molecule has 0 saturated heterocycles. The highest BCUT2D eigenvalue weighted by Gasteiger charge is 2.37. The first-order valence-electron chi connectivity index (χ1n) is 9.30. The van der Waals surface area contributed by atoms with E-state index in [0.29, 0.717) is 22.9 Å². The van der Waals surface area contributed by atoms with Crippen molar-refractivity contribution in [2.45, 2.75) is 26.0 Å². The highest BCUT2D eigenvalue weighted by atomic mass is 16.5. The van der Waals surface area contributed by atoms with Gasteiger partial charge < -0.3 is 14.6 Å². The van der Waals surface area contributed by atoms with E-state index in [1.54, 1.807) is 42.9 Å². The number of fused-ring (bicyclic) bond motifs is 1. The van der Waals surface area contributed by atoms with Gasteiger partial charge in [-0.25, -0.2) is 0 Å². The molecule has 0 radical (unpaired) electrons. The van der Waals surface area contributed by atoms with Crippen molar-refractivity contribution in [1.82, 2.24) is 14.8 Å². The molecule has 1 aliphatic rings. The van der Waals surface area contributed by atoms with Crippen molar-refractivity contribution in [3.63, 3.8) is 0 Å².